The van der Waals surface area contributed by atoms with Crippen LogP contribution < -0.4 is 14.8 Å². The van der Waals surface area contributed by atoms with Gasteiger partial charge < -0.3 is 15.0 Å². The van der Waals surface area contributed by atoms with Gasteiger partial charge in [0.2, 0.25) is 5.91 Å². The number of allylic oxidation sites excluding steroid dienone is 1. The molecule has 0 spiro atoms. The minimum absolute atomic E-state index is 0.0227. The molecule has 1 aliphatic carbocycles. The van der Waals surface area contributed by atoms with Gasteiger partial charge in [0.25, 0.3) is 15.9 Å². The van der Waals surface area contributed by atoms with Crippen LogP contribution >= 0.6 is 0 Å². The first-order valence-electron chi connectivity index (χ1n) is 14.0. The maximum absolute atomic E-state index is 13.3. The molecule has 4 rings (SSSR count). The fourth-order valence-electron chi connectivity index (χ4n) is 4.66. The van der Waals surface area contributed by atoms with Crippen LogP contribution in [-0.4, -0.2) is 44.3 Å². The van der Waals surface area contributed by atoms with Crippen molar-refractivity contribution in [1.82, 2.24) is 10.2 Å². The van der Waals surface area contributed by atoms with Gasteiger partial charge in [-0.2, -0.15) is 0 Å². The molecule has 0 fully saturated rings. The molecule has 3 aromatic rings. The lowest BCUT2D eigenvalue weighted by Crippen LogP contribution is -2.49. The summed E-state index contributed by atoms with van der Waals surface area (Å²) in [7, 11) is -3.91. The predicted molar refractivity (Wildman–Crippen MR) is 160 cm³/mol. The highest BCUT2D eigenvalue weighted by molar-refractivity contribution is 7.92. The summed E-state index contributed by atoms with van der Waals surface area (Å²) in [5.74, 6) is -0.800. The number of anilines is 1. The SMILES string of the molecule is C[C@@H](C(=O)NCCC1=CCCCC1)N(Cc1ccccc1)C(=O)COc1ccc(S(=O)(=O)Nc2ccc(F)cc2)cc1. The first kappa shape index (κ1) is 30.8. The topological polar surface area (TPSA) is 105 Å². The molecule has 2 N–H and O–H groups in total. The van der Waals surface area contributed by atoms with E-state index < -0.39 is 21.9 Å². The number of hydrogen-bond donors (Lipinski definition) is 2. The van der Waals surface area contributed by atoms with Crippen LogP contribution in [0.4, 0.5) is 10.1 Å². The third kappa shape index (κ3) is 8.91. The summed E-state index contributed by atoms with van der Waals surface area (Å²) < 4.78 is 46.6. The number of halogens is 1. The Kier molecular flexibility index (Phi) is 10.7. The second-order valence-corrected chi connectivity index (χ2v) is 11.9. The number of ether oxygens (including phenoxy) is 1. The Morgan fingerprint density at radius 1 is 0.976 bits per heavy atom. The minimum atomic E-state index is -3.91. The molecular weight excluding hydrogens is 557 g/mol. The third-order valence-corrected chi connectivity index (χ3v) is 8.48. The second kappa shape index (κ2) is 14.6. The van der Waals surface area contributed by atoms with Crippen molar-refractivity contribution in [3.8, 4) is 5.75 Å². The number of sulfonamides is 1. The van der Waals surface area contributed by atoms with Crippen LogP contribution in [0.5, 0.6) is 5.75 Å². The summed E-state index contributed by atoms with van der Waals surface area (Å²) in [4.78, 5) is 27.8. The standard InChI is InChI=1S/C32H36FN3O5S/c1-24(32(38)34-21-20-25-8-4-2-5-9-25)36(22-26-10-6-3-7-11-26)31(37)23-41-29-16-18-30(19-17-29)42(39,40)35-28-14-12-27(33)13-15-28/h3,6-8,10-19,24,35H,2,4-5,9,20-23H2,1H3,(H,34,38)/t24-/m0/s1. The molecule has 3 aromatic carbocycles. The van der Waals surface area contributed by atoms with E-state index in [1.165, 1.54) is 59.7 Å². The summed E-state index contributed by atoms with van der Waals surface area (Å²) in [6.07, 6.45) is 7.61. The number of rotatable bonds is 13. The monoisotopic (exact) mass is 593 g/mol. The lowest BCUT2D eigenvalue weighted by atomic mass is 9.97. The van der Waals surface area contributed by atoms with Crippen LogP contribution in [0.3, 0.4) is 0 Å². The van der Waals surface area contributed by atoms with Crippen LogP contribution in [0.2, 0.25) is 0 Å². The molecule has 0 aromatic heterocycles. The van der Waals surface area contributed by atoms with Crippen molar-refractivity contribution >= 4 is 27.5 Å². The Balaban J connectivity index is 1.36. The Morgan fingerprint density at radius 2 is 1.69 bits per heavy atom. The highest BCUT2D eigenvalue weighted by Gasteiger charge is 2.26. The van der Waals surface area contributed by atoms with Gasteiger partial charge in [0, 0.05) is 18.8 Å². The molecular formula is C32H36FN3O5S. The van der Waals surface area contributed by atoms with E-state index in [1.54, 1.807) is 6.92 Å². The summed E-state index contributed by atoms with van der Waals surface area (Å²) in [5.41, 5.74) is 2.47. The van der Waals surface area contributed by atoms with Crippen molar-refractivity contribution in [3.63, 3.8) is 0 Å². The average Bonchev–Trinajstić information content (AvgIpc) is 3.00. The van der Waals surface area contributed by atoms with Crippen molar-refractivity contribution in [3.05, 3.63) is 102 Å². The first-order chi connectivity index (χ1) is 20.2. The van der Waals surface area contributed by atoms with E-state index in [1.807, 2.05) is 30.3 Å². The number of hydrogen-bond acceptors (Lipinski definition) is 5. The molecule has 1 atom stereocenters. The van der Waals surface area contributed by atoms with Crippen LogP contribution in [-0.2, 0) is 26.2 Å². The fraction of sp³-hybridized carbons (Fsp3) is 0.312. The molecule has 0 radical (unpaired) electrons. The van der Waals surface area contributed by atoms with Gasteiger partial charge in [0.05, 0.1) is 4.90 Å². The largest absolute Gasteiger partial charge is 0.484 e. The van der Waals surface area contributed by atoms with E-state index in [-0.39, 0.29) is 35.5 Å². The van der Waals surface area contributed by atoms with Gasteiger partial charge in [0.15, 0.2) is 6.61 Å². The van der Waals surface area contributed by atoms with E-state index in [2.05, 4.69) is 16.1 Å². The molecule has 0 saturated heterocycles. The van der Waals surface area contributed by atoms with Crippen molar-refractivity contribution < 1.29 is 27.1 Å². The highest BCUT2D eigenvalue weighted by atomic mass is 32.2. The molecule has 0 unspecified atom stereocenters. The average molecular weight is 594 g/mol. The van der Waals surface area contributed by atoms with Gasteiger partial charge in [-0.15, -0.1) is 0 Å². The Hall–Kier alpha value is -4.18. The zero-order valence-corrected chi connectivity index (χ0v) is 24.4. The molecule has 1 aliphatic rings. The Morgan fingerprint density at radius 3 is 2.36 bits per heavy atom. The van der Waals surface area contributed by atoms with E-state index in [0.29, 0.717) is 12.3 Å². The van der Waals surface area contributed by atoms with E-state index >= 15 is 0 Å². The Bertz CT molecular complexity index is 1480. The minimum Gasteiger partial charge on any atom is -0.484 e. The highest BCUT2D eigenvalue weighted by Crippen LogP contribution is 2.21. The van der Waals surface area contributed by atoms with Crippen LogP contribution in [0.15, 0.2) is 95.4 Å². The van der Waals surface area contributed by atoms with E-state index in [9.17, 15) is 22.4 Å². The molecule has 8 nitrogen and oxygen atoms in total. The summed E-state index contributed by atoms with van der Waals surface area (Å²) in [6.45, 7) is 2.11. The molecule has 0 aliphatic heterocycles. The number of amides is 2. The molecule has 0 bridgehead atoms. The zero-order chi connectivity index (χ0) is 30.0. The number of benzene rings is 3. The Labute approximate surface area is 246 Å². The van der Waals surface area contributed by atoms with Crippen LogP contribution in [0.1, 0.15) is 44.6 Å². The normalized spacial score (nSPS) is 13.9. The molecule has 10 heteroatoms. The van der Waals surface area contributed by atoms with Crippen LogP contribution in [0.25, 0.3) is 0 Å². The van der Waals surface area contributed by atoms with Gasteiger partial charge in [-0.25, -0.2) is 12.8 Å². The van der Waals surface area contributed by atoms with Crippen molar-refractivity contribution in [2.24, 2.45) is 0 Å². The van der Waals surface area contributed by atoms with Gasteiger partial charge in [-0.05, 0) is 93.1 Å². The van der Waals surface area contributed by atoms with Crippen molar-refractivity contribution in [2.45, 2.75) is 56.5 Å². The maximum Gasteiger partial charge on any atom is 0.261 e. The van der Waals surface area contributed by atoms with E-state index in [4.69, 9.17) is 4.74 Å². The molecule has 42 heavy (non-hydrogen) atoms. The van der Waals surface area contributed by atoms with Crippen molar-refractivity contribution in [2.75, 3.05) is 17.9 Å². The summed E-state index contributed by atoms with van der Waals surface area (Å²) in [6, 6.07) is 19.3. The van der Waals surface area contributed by atoms with Gasteiger partial charge in [0.1, 0.15) is 17.6 Å². The van der Waals surface area contributed by atoms with Gasteiger partial charge in [-0.1, -0.05) is 42.0 Å². The molecule has 0 heterocycles. The van der Waals surface area contributed by atoms with E-state index in [0.717, 1.165) is 37.0 Å². The lowest BCUT2D eigenvalue weighted by molar-refractivity contribution is -0.142. The smallest absolute Gasteiger partial charge is 0.261 e. The van der Waals surface area contributed by atoms with Crippen molar-refractivity contribution in [1.29, 1.82) is 0 Å². The van der Waals surface area contributed by atoms with Gasteiger partial charge >= 0.3 is 0 Å². The molecule has 0 saturated carbocycles. The molecule has 2 amide bonds. The zero-order valence-electron chi connectivity index (χ0n) is 23.6. The number of nitrogens with zero attached hydrogens (tertiary/aromatic N) is 1. The number of carbonyl (C=O) groups excluding carboxylic acids is 2. The van der Waals surface area contributed by atoms with Crippen LogP contribution in [0, 0.1) is 5.82 Å². The van der Waals surface area contributed by atoms with Gasteiger partial charge in [-0.3, -0.25) is 14.3 Å². The lowest BCUT2D eigenvalue weighted by Gasteiger charge is -2.29. The quantitative estimate of drug-likeness (QED) is 0.257. The first-order valence-corrected chi connectivity index (χ1v) is 15.5. The second-order valence-electron chi connectivity index (χ2n) is 10.2. The maximum atomic E-state index is 13.3. The summed E-state index contributed by atoms with van der Waals surface area (Å²) >= 11 is 0. The molecule has 222 valence electrons. The predicted octanol–water partition coefficient (Wildman–Crippen LogP) is 5.43. The fourth-order valence-corrected chi connectivity index (χ4v) is 5.72. The summed E-state index contributed by atoms with van der Waals surface area (Å²) in [5, 5.41) is 2.97. The number of carbonyl (C=O) groups is 2. The number of nitrogens with one attached hydrogen (secondary N) is 2. The third-order valence-electron chi connectivity index (χ3n) is 7.09.